The summed E-state index contributed by atoms with van der Waals surface area (Å²) in [7, 11) is 1.94. The lowest BCUT2D eigenvalue weighted by Gasteiger charge is -2.18. The van der Waals surface area contributed by atoms with Gasteiger partial charge in [0.05, 0.1) is 0 Å². The molecule has 1 heterocycles. The average Bonchev–Trinajstić information content (AvgIpc) is 3.15. The third-order valence-electron chi connectivity index (χ3n) is 4.57. The quantitative estimate of drug-likeness (QED) is 0.752. The summed E-state index contributed by atoms with van der Waals surface area (Å²) < 4.78 is 11.6. The first-order valence-corrected chi connectivity index (χ1v) is 9.07. The third kappa shape index (κ3) is 6.15. The molecule has 1 aliphatic heterocycles. The van der Waals surface area contributed by atoms with Gasteiger partial charge in [0, 0.05) is 13.1 Å². The van der Waals surface area contributed by atoms with Crippen LogP contribution in [0.2, 0.25) is 0 Å². The molecule has 0 radical (unpaired) electrons. The van der Waals surface area contributed by atoms with Crippen molar-refractivity contribution in [1.82, 2.24) is 10.2 Å². The highest BCUT2D eigenvalue weighted by Gasteiger charge is 2.26. The van der Waals surface area contributed by atoms with E-state index in [1.54, 1.807) is 0 Å². The van der Waals surface area contributed by atoms with Gasteiger partial charge in [-0.2, -0.15) is 0 Å². The molecule has 0 bridgehead atoms. The fourth-order valence-electron chi connectivity index (χ4n) is 3.17. The highest BCUT2D eigenvalue weighted by molar-refractivity contribution is 5.85. The zero-order valence-electron chi connectivity index (χ0n) is 15.6. The van der Waals surface area contributed by atoms with Crippen molar-refractivity contribution >= 4 is 18.3 Å². The second-order valence-electron chi connectivity index (χ2n) is 6.56. The minimum absolute atomic E-state index is 0. The highest BCUT2D eigenvalue weighted by Crippen LogP contribution is 2.27. The molecule has 0 spiro atoms. The number of likely N-dealkylation sites (tertiary alicyclic amines) is 1. The molecule has 0 saturated carbocycles. The summed E-state index contributed by atoms with van der Waals surface area (Å²) in [5.74, 6) is 1.81. The Kier molecular flexibility index (Phi) is 8.43. The zero-order valence-corrected chi connectivity index (χ0v) is 16.4. The lowest BCUT2D eigenvalue weighted by molar-refractivity contribution is -0.132. The molecule has 5 nitrogen and oxygen atoms in total. The maximum atomic E-state index is 12.4. The van der Waals surface area contributed by atoms with Gasteiger partial charge >= 0.3 is 0 Å². The van der Waals surface area contributed by atoms with Crippen molar-refractivity contribution in [3.8, 4) is 11.5 Å². The van der Waals surface area contributed by atoms with Crippen molar-refractivity contribution in [3.05, 3.63) is 60.2 Å². The molecule has 1 saturated heterocycles. The van der Waals surface area contributed by atoms with E-state index in [0.717, 1.165) is 31.6 Å². The van der Waals surface area contributed by atoms with Gasteiger partial charge in [-0.15, -0.1) is 12.4 Å². The van der Waals surface area contributed by atoms with E-state index in [1.807, 2.05) is 66.5 Å². The van der Waals surface area contributed by atoms with Crippen LogP contribution in [-0.2, 0) is 11.4 Å². The van der Waals surface area contributed by atoms with Gasteiger partial charge < -0.3 is 19.7 Å². The average molecular weight is 391 g/mol. The molecule has 6 heteroatoms. The van der Waals surface area contributed by atoms with Crippen LogP contribution in [-0.4, -0.2) is 44.1 Å². The van der Waals surface area contributed by atoms with Gasteiger partial charge in [0.1, 0.15) is 6.61 Å². The maximum Gasteiger partial charge on any atom is 0.260 e. The molecular formula is C21H27ClN2O3. The monoisotopic (exact) mass is 390 g/mol. The Morgan fingerprint density at radius 3 is 2.44 bits per heavy atom. The number of benzene rings is 2. The fourth-order valence-corrected chi connectivity index (χ4v) is 3.17. The Morgan fingerprint density at radius 1 is 1.07 bits per heavy atom. The van der Waals surface area contributed by atoms with Crippen LogP contribution in [0.3, 0.4) is 0 Å². The van der Waals surface area contributed by atoms with Crippen LogP contribution in [0, 0.1) is 5.92 Å². The predicted octanol–water partition coefficient (Wildman–Crippen LogP) is 3.13. The van der Waals surface area contributed by atoms with Crippen molar-refractivity contribution in [2.75, 3.05) is 33.3 Å². The van der Waals surface area contributed by atoms with Gasteiger partial charge in [0.25, 0.3) is 5.91 Å². The van der Waals surface area contributed by atoms with Crippen LogP contribution in [0.1, 0.15) is 12.0 Å². The molecule has 146 valence electrons. The number of para-hydroxylation sites is 2. The van der Waals surface area contributed by atoms with Crippen LogP contribution in [0.5, 0.6) is 11.5 Å². The van der Waals surface area contributed by atoms with Crippen molar-refractivity contribution in [2.24, 2.45) is 5.92 Å². The summed E-state index contributed by atoms with van der Waals surface area (Å²) in [5.41, 5.74) is 1.09. The van der Waals surface area contributed by atoms with Gasteiger partial charge in [-0.1, -0.05) is 42.5 Å². The number of hydrogen-bond acceptors (Lipinski definition) is 4. The maximum absolute atomic E-state index is 12.4. The lowest BCUT2D eigenvalue weighted by Crippen LogP contribution is -2.34. The molecular weight excluding hydrogens is 364 g/mol. The number of halogens is 1. The van der Waals surface area contributed by atoms with Crippen LogP contribution in [0.25, 0.3) is 0 Å². The van der Waals surface area contributed by atoms with Gasteiger partial charge in [-0.3, -0.25) is 4.79 Å². The lowest BCUT2D eigenvalue weighted by atomic mass is 10.1. The molecule has 2 aromatic rings. The van der Waals surface area contributed by atoms with Crippen molar-refractivity contribution < 1.29 is 14.3 Å². The summed E-state index contributed by atoms with van der Waals surface area (Å²) in [6.45, 7) is 3.06. The zero-order chi connectivity index (χ0) is 18.2. The molecule has 1 amide bonds. The Balaban J connectivity index is 0.00000261. The molecule has 1 fully saturated rings. The van der Waals surface area contributed by atoms with Crippen molar-refractivity contribution in [3.63, 3.8) is 0 Å². The normalized spacial score (nSPS) is 15.9. The summed E-state index contributed by atoms with van der Waals surface area (Å²) in [4.78, 5) is 14.3. The number of carbonyl (C=O) groups is 1. The Labute approximate surface area is 167 Å². The molecule has 1 unspecified atom stereocenters. The highest BCUT2D eigenvalue weighted by atomic mass is 35.5. The van der Waals surface area contributed by atoms with E-state index < -0.39 is 0 Å². The first-order chi connectivity index (χ1) is 12.8. The molecule has 0 aromatic heterocycles. The van der Waals surface area contributed by atoms with Crippen LogP contribution >= 0.6 is 12.4 Å². The molecule has 1 aliphatic rings. The van der Waals surface area contributed by atoms with E-state index in [2.05, 4.69) is 5.32 Å². The Morgan fingerprint density at radius 2 is 1.74 bits per heavy atom. The summed E-state index contributed by atoms with van der Waals surface area (Å²) in [6, 6.07) is 17.5. The number of carbonyl (C=O) groups excluding carboxylic acids is 1. The molecule has 1 atom stereocenters. The number of rotatable bonds is 8. The molecule has 1 N–H and O–H groups in total. The number of hydrogen-bond donors (Lipinski definition) is 1. The van der Waals surface area contributed by atoms with E-state index in [-0.39, 0.29) is 24.9 Å². The number of ether oxygens (including phenoxy) is 2. The third-order valence-corrected chi connectivity index (χ3v) is 4.57. The van der Waals surface area contributed by atoms with Crippen LogP contribution < -0.4 is 14.8 Å². The predicted molar refractivity (Wildman–Crippen MR) is 109 cm³/mol. The van der Waals surface area contributed by atoms with Crippen molar-refractivity contribution in [1.29, 1.82) is 0 Å². The summed E-state index contributed by atoms with van der Waals surface area (Å²) in [6.07, 6.45) is 1.04. The van der Waals surface area contributed by atoms with E-state index in [4.69, 9.17) is 9.47 Å². The molecule has 2 aromatic carbocycles. The van der Waals surface area contributed by atoms with Gasteiger partial charge in [0.2, 0.25) is 0 Å². The minimum atomic E-state index is 0. The fraction of sp³-hybridized carbons (Fsp3) is 0.381. The Hall–Kier alpha value is -2.24. The van der Waals surface area contributed by atoms with E-state index >= 15 is 0 Å². The Bertz CT molecular complexity index is 712. The van der Waals surface area contributed by atoms with Gasteiger partial charge in [0.15, 0.2) is 18.1 Å². The van der Waals surface area contributed by atoms with Crippen LogP contribution in [0.4, 0.5) is 0 Å². The van der Waals surface area contributed by atoms with Crippen molar-refractivity contribution in [2.45, 2.75) is 13.0 Å². The van der Waals surface area contributed by atoms with Gasteiger partial charge in [-0.05, 0) is 43.6 Å². The largest absolute Gasteiger partial charge is 0.485 e. The van der Waals surface area contributed by atoms with E-state index in [1.165, 1.54) is 0 Å². The van der Waals surface area contributed by atoms with E-state index in [9.17, 15) is 4.79 Å². The van der Waals surface area contributed by atoms with Crippen LogP contribution in [0.15, 0.2) is 54.6 Å². The number of amides is 1. The standard InChI is InChI=1S/C21H26N2O3.ClH/c1-22-13-18-11-12-23(14-18)21(24)16-26-20-10-6-5-9-19(20)25-15-17-7-3-2-4-8-17;/h2-10,18,22H,11-16H2,1H3;1H. The SMILES string of the molecule is CNCC1CCN(C(=O)COc2ccccc2OCc2ccccc2)C1.Cl. The van der Waals surface area contributed by atoms with E-state index in [0.29, 0.717) is 24.0 Å². The minimum Gasteiger partial charge on any atom is -0.485 e. The van der Waals surface area contributed by atoms with Gasteiger partial charge in [-0.25, -0.2) is 0 Å². The first-order valence-electron chi connectivity index (χ1n) is 9.07. The first kappa shape index (κ1) is 21.1. The number of nitrogens with one attached hydrogen (secondary N) is 1. The molecule has 3 rings (SSSR count). The topological polar surface area (TPSA) is 50.8 Å². The second kappa shape index (κ2) is 10.8. The summed E-state index contributed by atoms with van der Waals surface area (Å²) >= 11 is 0. The second-order valence-corrected chi connectivity index (χ2v) is 6.56. The molecule has 27 heavy (non-hydrogen) atoms. The number of nitrogens with zero attached hydrogens (tertiary/aromatic N) is 1. The summed E-state index contributed by atoms with van der Waals surface area (Å²) in [5, 5.41) is 3.18. The smallest absolute Gasteiger partial charge is 0.260 e. The molecule has 0 aliphatic carbocycles.